The van der Waals surface area contributed by atoms with Crippen molar-refractivity contribution < 1.29 is 19.1 Å². The molecule has 5 heteroatoms. The highest BCUT2D eigenvalue weighted by atomic mass is 16.5. The van der Waals surface area contributed by atoms with Crippen LogP contribution < -0.4 is 0 Å². The van der Waals surface area contributed by atoms with Crippen LogP contribution in [-0.4, -0.2) is 50.2 Å². The number of allylic oxidation sites excluding steroid dienone is 1. The molecule has 0 aromatic carbocycles. The molecule has 0 rings (SSSR count). The second-order valence-corrected chi connectivity index (χ2v) is 11.6. The van der Waals surface area contributed by atoms with Gasteiger partial charge >= 0.3 is 11.9 Å². The molecular weight excluding hydrogens is 486 g/mol. The predicted octanol–water partition coefficient (Wildman–Crippen LogP) is 9.57. The van der Waals surface area contributed by atoms with Crippen molar-refractivity contribution in [2.75, 3.05) is 27.2 Å². The minimum Gasteiger partial charge on any atom is -0.462 e. The predicted molar refractivity (Wildman–Crippen MR) is 166 cm³/mol. The van der Waals surface area contributed by atoms with Crippen LogP contribution >= 0.6 is 0 Å². The fourth-order valence-electron chi connectivity index (χ4n) is 4.81. The van der Waals surface area contributed by atoms with Crippen molar-refractivity contribution >= 4 is 11.9 Å². The van der Waals surface area contributed by atoms with Gasteiger partial charge in [0.05, 0.1) is 0 Å². The van der Waals surface area contributed by atoms with E-state index in [1.54, 1.807) is 0 Å². The maximum atomic E-state index is 12.4. The van der Waals surface area contributed by atoms with Gasteiger partial charge in [-0.25, -0.2) is 0 Å². The smallest absolute Gasteiger partial charge is 0.306 e. The Morgan fingerprint density at radius 1 is 0.615 bits per heavy atom. The highest BCUT2D eigenvalue weighted by Crippen LogP contribution is 2.18. The van der Waals surface area contributed by atoms with Crippen molar-refractivity contribution in [2.45, 2.75) is 168 Å². The molecule has 0 saturated heterocycles. The Bertz CT molecular complexity index is 576. The van der Waals surface area contributed by atoms with Gasteiger partial charge in [0, 0.05) is 12.8 Å². The zero-order valence-corrected chi connectivity index (χ0v) is 26.5. The molecule has 0 amide bonds. The Balaban J connectivity index is 3.99. The van der Waals surface area contributed by atoms with Gasteiger partial charge in [0.15, 0.2) is 0 Å². The lowest BCUT2D eigenvalue weighted by Crippen LogP contribution is -2.20. The van der Waals surface area contributed by atoms with Crippen molar-refractivity contribution in [3.05, 3.63) is 12.2 Å². The van der Waals surface area contributed by atoms with Crippen LogP contribution in [0.15, 0.2) is 12.2 Å². The number of ether oxygens (including phenoxy) is 2. The lowest BCUT2D eigenvalue weighted by Gasteiger charge is -2.18. The summed E-state index contributed by atoms with van der Waals surface area (Å²) in [7, 11) is 4.06. The number of hydrogen-bond acceptors (Lipinski definition) is 5. The molecular formula is C34H65NO4. The molecule has 1 atom stereocenters. The van der Waals surface area contributed by atoms with Crippen molar-refractivity contribution in [2.24, 2.45) is 0 Å². The van der Waals surface area contributed by atoms with Crippen molar-refractivity contribution in [1.29, 1.82) is 0 Å². The Kier molecular flexibility index (Phi) is 28.6. The van der Waals surface area contributed by atoms with Gasteiger partial charge in [0.1, 0.15) is 12.7 Å². The third kappa shape index (κ3) is 29.4. The summed E-state index contributed by atoms with van der Waals surface area (Å²) in [5.74, 6) is -0.142. The average Bonchev–Trinajstić information content (AvgIpc) is 2.90. The molecule has 0 aliphatic rings. The van der Waals surface area contributed by atoms with E-state index in [2.05, 4.69) is 24.8 Å². The van der Waals surface area contributed by atoms with E-state index in [4.69, 9.17) is 9.47 Å². The van der Waals surface area contributed by atoms with Crippen LogP contribution in [0.2, 0.25) is 0 Å². The minimum absolute atomic E-state index is 0.0422. The van der Waals surface area contributed by atoms with E-state index < -0.39 is 0 Å². The van der Waals surface area contributed by atoms with Gasteiger partial charge in [-0.15, -0.1) is 0 Å². The summed E-state index contributed by atoms with van der Waals surface area (Å²) >= 11 is 0. The molecule has 0 spiro atoms. The van der Waals surface area contributed by atoms with E-state index in [0.717, 1.165) is 64.3 Å². The van der Waals surface area contributed by atoms with Gasteiger partial charge in [-0.1, -0.05) is 109 Å². The van der Waals surface area contributed by atoms with Gasteiger partial charge in [0.2, 0.25) is 0 Å². The third-order valence-corrected chi connectivity index (χ3v) is 7.30. The molecule has 0 heterocycles. The zero-order chi connectivity index (χ0) is 28.8. The van der Waals surface area contributed by atoms with E-state index >= 15 is 0 Å². The highest BCUT2D eigenvalue weighted by molar-refractivity contribution is 5.69. The van der Waals surface area contributed by atoms with Crippen LogP contribution in [0.4, 0.5) is 0 Å². The molecule has 1 unspecified atom stereocenters. The molecule has 0 bridgehead atoms. The van der Waals surface area contributed by atoms with Gasteiger partial charge in [-0.3, -0.25) is 9.59 Å². The van der Waals surface area contributed by atoms with Crippen LogP contribution in [0, 0.1) is 0 Å². The molecule has 0 aromatic heterocycles. The number of unbranched alkanes of at least 4 members (excludes halogenated alkanes) is 15. The largest absolute Gasteiger partial charge is 0.462 e. The summed E-state index contributed by atoms with van der Waals surface area (Å²) in [4.78, 5) is 26.5. The summed E-state index contributed by atoms with van der Waals surface area (Å²) in [5.41, 5.74) is 0. The highest BCUT2D eigenvalue weighted by Gasteiger charge is 2.14. The third-order valence-electron chi connectivity index (χ3n) is 7.30. The normalized spacial score (nSPS) is 12.3. The zero-order valence-electron chi connectivity index (χ0n) is 26.5. The summed E-state index contributed by atoms with van der Waals surface area (Å²) in [6.07, 6.45) is 29.8. The quantitative estimate of drug-likeness (QED) is 0.0526. The van der Waals surface area contributed by atoms with E-state index in [1.165, 1.54) is 77.0 Å². The van der Waals surface area contributed by atoms with E-state index in [9.17, 15) is 9.59 Å². The number of nitrogens with zero attached hydrogens (tertiary/aromatic N) is 1. The number of carbonyl (C=O) groups is 2. The lowest BCUT2D eigenvalue weighted by molar-refractivity contribution is -0.150. The summed E-state index contributed by atoms with van der Waals surface area (Å²) < 4.78 is 11.2. The van der Waals surface area contributed by atoms with E-state index in [-0.39, 0.29) is 18.0 Å². The van der Waals surface area contributed by atoms with Crippen LogP contribution in [0.3, 0.4) is 0 Å². The Morgan fingerprint density at radius 3 is 1.72 bits per heavy atom. The van der Waals surface area contributed by atoms with Gasteiger partial charge < -0.3 is 14.4 Å². The molecule has 0 N–H and O–H groups in total. The number of carbonyl (C=O) groups excluding carboxylic acids is 2. The first-order valence-electron chi connectivity index (χ1n) is 16.6. The lowest BCUT2D eigenvalue weighted by atomic mass is 10.0. The average molecular weight is 552 g/mol. The minimum atomic E-state index is -0.0947. The topological polar surface area (TPSA) is 55.8 Å². The van der Waals surface area contributed by atoms with Crippen LogP contribution in [0.1, 0.15) is 162 Å². The SMILES string of the molecule is CCCCCCCC/C=C\COC(=O)CCCCCCC(CCCCCCCCC)OC(=O)CCCN(C)C. The fraction of sp³-hybridized carbons (Fsp3) is 0.882. The fourth-order valence-corrected chi connectivity index (χ4v) is 4.81. The second-order valence-electron chi connectivity index (χ2n) is 11.6. The monoisotopic (exact) mass is 551 g/mol. The van der Waals surface area contributed by atoms with Gasteiger partial charge in [-0.05, 0) is 72.0 Å². The molecule has 230 valence electrons. The van der Waals surface area contributed by atoms with Gasteiger partial charge in [-0.2, -0.15) is 0 Å². The van der Waals surface area contributed by atoms with Crippen molar-refractivity contribution in [3.8, 4) is 0 Å². The van der Waals surface area contributed by atoms with Gasteiger partial charge in [0.25, 0.3) is 0 Å². The molecule has 0 radical (unpaired) electrons. The number of esters is 2. The van der Waals surface area contributed by atoms with Crippen molar-refractivity contribution in [3.63, 3.8) is 0 Å². The first-order chi connectivity index (χ1) is 19.0. The Labute approximate surface area is 242 Å². The number of hydrogen-bond donors (Lipinski definition) is 0. The van der Waals surface area contributed by atoms with Crippen LogP contribution in [0.5, 0.6) is 0 Å². The molecule has 0 aliphatic carbocycles. The first-order valence-corrected chi connectivity index (χ1v) is 16.6. The molecule has 0 saturated carbocycles. The summed E-state index contributed by atoms with van der Waals surface area (Å²) in [5, 5.41) is 0. The van der Waals surface area contributed by atoms with Crippen LogP contribution in [-0.2, 0) is 19.1 Å². The first kappa shape index (κ1) is 37.6. The maximum Gasteiger partial charge on any atom is 0.306 e. The summed E-state index contributed by atoms with van der Waals surface area (Å²) in [6, 6.07) is 0. The second kappa shape index (κ2) is 29.6. The van der Waals surface area contributed by atoms with Crippen molar-refractivity contribution in [1.82, 2.24) is 4.90 Å². The number of rotatable bonds is 29. The molecule has 39 heavy (non-hydrogen) atoms. The van der Waals surface area contributed by atoms with Crippen LogP contribution in [0.25, 0.3) is 0 Å². The maximum absolute atomic E-state index is 12.4. The Morgan fingerprint density at radius 2 is 1.13 bits per heavy atom. The molecule has 0 fully saturated rings. The standard InChI is InChI=1S/C34H65NO4/c1-5-7-9-11-13-14-16-20-24-31-38-33(36)28-23-19-18-22-27-32(26-21-17-15-12-10-8-6-2)39-34(37)29-25-30-35(3)4/h20,24,32H,5-19,21-23,25-31H2,1-4H3/b24-20-. The summed E-state index contributed by atoms with van der Waals surface area (Å²) in [6.45, 7) is 5.80. The molecule has 0 aliphatic heterocycles. The molecule has 5 nitrogen and oxygen atoms in total. The molecule has 0 aromatic rings. The van der Waals surface area contributed by atoms with E-state index in [1.807, 2.05) is 20.2 Å². The van der Waals surface area contributed by atoms with E-state index in [0.29, 0.717) is 19.4 Å². The Hall–Kier alpha value is -1.36.